The van der Waals surface area contributed by atoms with E-state index in [1.165, 1.54) is 16.2 Å². The Morgan fingerprint density at radius 1 is 1.28 bits per heavy atom. The summed E-state index contributed by atoms with van der Waals surface area (Å²) in [6.07, 6.45) is 3.45. The van der Waals surface area contributed by atoms with Crippen molar-refractivity contribution in [3.8, 4) is 0 Å². The molecule has 1 aliphatic heterocycles. The number of amides is 2. The first kappa shape index (κ1) is 17.6. The zero-order valence-electron chi connectivity index (χ0n) is 14.2. The van der Waals surface area contributed by atoms with E-state index in [1.54, 1.807) is 6.20 Å². The second-order valence-electron chi connectivity index (χ2n) is 6.37. The molecule has 1 saturated heterocycles. The van der Waals surface area contributed by atoms with Gasteiger partial charge in [0, 0.05) is 36.0 Å². The van der Waals surface area contributed by atoms with Crippen molar-refractivity contribution in [2.24, 2.45) is 0 Å². The lowest BCUT2D eigenvalue weighted by Gasteiger charge is -2.29. The first-order valence-electron chi connectivity index (χ1n) is 8.51. The van der Waals surface area contributed by atoms with Crippen LogP contribution in [0.2, 0.25) is 0 Å². The Labute approximate surface area is 151 Å². The van der Waals surface area contributed by atoms with Gasteiger partial charge in [-0.25, -0.2) is 4.98 Å². The van der Waals surface area contributed by atoms with Gasteiger partial charge in [0.05, 0.1) is 13.1 Å². The number of nitrogens with one attached hydrogen (secondary N) is 3. The van der Waals surface area contributed by atoms with E-state index in [-0.39, 0.29) is 17.9 Å². The maximum Gasteiger partial charge on any atom is 0.281 e. The highest BCUT2D eigenvalue weighted by molar-refractivity contribution is 7.13. The van der Waals surface area contributed by atoms with Gasteiger partial charge in [0.2, 0.25) is 0 Å². The highest BCUT2D eigenvalue weighted by atomic mass is 32.1. The third-order valence-corrected chi connectivity index (χ3v) is 5.20. The number of hydrogen-bond donors (Lipinski definition) is 3. The van der Waals surface area contributed by atoms with E-state index in [0.717, 1.165) is 37.1 Å². The van der Waals surface area contributed by atoms with Gasteiger partial charge in [0.25, 0.3) is 11.8 Å². The van der Waals surface area contributed by atoms with E-state index in [0.29, 0.717) is 11.7 Å². The molecule has 25 heavy (non-hydrogen) atoms. The van der Waals surface area contributed by atoms with Crippen LogP contribution >= 0.6 is 11.3 Å². The first-order valence-corrected chi connectivity index (χ1v) is 9.39. The predicted molar refractivity (Wildman–Crippen MR) is 98.0 cm³/mol. The third-order valence-electron chi connectivity index (χ3n) is 4.51. The van der Waals surface area contributed by atoms with Gasteiger partial charge in [0.1, 0.15) is 0 Å². The Balaban J connectivity index is 1.43. The molecule has 0 saturated carbocycles. The number of likely N-dealkylation sites (tertiary alicyclic amines) is 1. The van der Waals surface area contributed by atoms with Gasteiger partial charge in [-0.15, -0.1) is 11.3 Å². The van der Waals surface area contributed by atoms with Crippen LogP contribution in [0.3, 0.4) is 0 Å². The lowest BCUT2D eigenvalue weighted by atomic mass is 10.0. The summed E-state index contributed by atoms with van der Waals surface area (Å²) in [5.74, 6) is -0.0135. The summed E-state index contributed by atoms with van der Waals surface area (Å²) in [5.41, 5.74) is 1.72. The van der Waals surface area contributed by atoms with E-state index in [1.807, 2.05) is 36.6 Å². The van der Waals surface area contributed by atoms with Crippen LogP contribution in [-0.4, -0.2) is 42.5 Å². The van der Waals surface area contributed by atoms with Gasteiger partial charge < -0.3 is 10.2 Å². The number of thiazole rings is 1. The number of carbonyl (C=O) groups excluding carboxylic acids is 2. The fourth-order valence-electron chi connectivity index (χ4n) is 3.11. The van der Waals surface area contributed by atoms with Crippen LogP contribution in [0.1, 0.15) is 28.8 Å². The SMILES string of the molecule is Cc1ccccc1C(=O)NC1CC[NH+](CC(=O)Nc2nccs2)CC1. The summed E-state index contributed by atoms with van der Waals surface area (Å²) in [6, 6.07) is 7.80. The van der Waals surface area contributed by atoms with E-state index in [9.17, 15) is 9.59 Å². The van der Waals surface area contributed by atoms with Crippen molar-refractivity contribution >= 4 is 28.3 Å². The summed E-state index contributed by atoms with van der Waals surface area (Å²) in [5, 5.41) is 8.43. The average Bonchev–Trinajstić information content (AvgIpc) is 3.10. The van der Waals surface area contributed by atoms with E-state index >= 15 is 0 Å². The minimum absolute atomic E-state index is 0.00642. The molecule has 2 amide bonds. The zero-order chi connectivity index (χ0) is 17.6. The molecule has 1 fully saturated rings. The highest BCUT2D eigenvalue weighted by Gasteiger charge is 2.25. The maximum atomic E-state index is 12.4. The Kier molecular flexibility index (Phi) is 5.78. The predicted octanol–water partition coefficient (Wildman–Crippen LogP) is 0.867. The lowest BCUT2D eigenvalue weighted by molar-refractivity contribution is -0.897. The molecule has 2 heterocycles. The Bertz CT molecular complexity index is 724. The van der Waals surface area contributed by atoms with E-state index in [2.05, 4.69) is 15.6 Å². The van der Waals surface area contributed by atoms with Crippen LogP contribution in [0.4, 0.5) is 5.13 Å². The summed E-state index contributed by atoms with van der Waals surface area (Å²) < 4.78 is 0. The number of nitrogens with zero attached hydrogens (tertiary/aromatic N) is 1. The van der Waals surface area contributed by atoms with Gasteiger partial charge in [-0.1, -0.05) is 18.2 Å². The van der Waals surface area contributed by atoms with Crippen molar-refractivity contribution in [3.05, 3.63) is 47.0 Å². The fourth-order valence-corrected chi connectivity index (χ4v) is 3.66. The monoisotopic (exact) mass is 359 g/mol. The maximum absolute atomic E-state index is 12.4. The zero-order valence-corrected chi connectivity index (χ0v) is 15.1. The molecular weight excluding hydrogens is 336 g/mol. The largest absolute Gasteiger partial charge is 0.349 e. The van der Waals surface area contributed by atoms with Crippen LogP contribution < -0.4 is 15.5 Å². The summed E-state index contributed by atoms with van der Waals surface area (Å²) in [6.45, 7) is 4.15. The number of quaternary nitrogens is 1. The molecule has 0 spiro atoms. The molecule has 1 aliphatic rings. The lowest BCUT2D eigenvalue weighted by Crippen LogP contribution is -3.14. The molecule has 0 bridgehead atoms. The third kappa shape index (κ3) is 4.87. The number of aryl methyl sites for hydroxylation is 1. The van der Waals surface area contributed by atoms with E-state index < -0.39 is 0 Å². The molecule has 2 aromatic rings. The number of rotatable bonds is 5. The molecule has 7 heteroatoms. The molecule has 3 rings (SSSR count). The van der Waals surface area contributed by atoms with Crippen LogP contribution in [0, 0.1) is 6.92 Å². The Hall–Kier alpha value is -2.25. The normalized spacial score (nSPS) is 20.0. The first-order chi connectivity index (χ1) is 12.1. The summed E-state index contributed by atoms with van der Waals surface area (Å²) >= 11 is 1.42. The van der Waals surface area contributed by atoms with Crippen LogP contribution in [0.5, 0.6) is 0 Å². The van der Waals surface area contributed by atoms with Gasteiger partial charge >= 0.3 is 0 Å². The number of benzene rings is 1. The van der Waals surface area contributed by atoms with Crippen molar-refractivity contribution in [1.82, 2.24) is 10.3 Å². The molecule has 6 nitrogen and oxygen atoms in total. The molecule has 1 aromatic carbocycles. The molecule has 1 aromatic heterocycles. The number of anilines is 1. The van der Waals surface area contributed by atoms with Crippen molar-refractivity contribution in [2.45, 2.75) is 25.8 Å². The van der Waals surface area contributed by atoms with Crippen LogP contribution in [0.25, 0.3) is 0 Å². The number of aromatic nitrogens is 1. The van der Waals surface area contributed by atoms with Gasteiger partial charge in [-0.2, -0.15) is 0 Å². The van der Waals surface area contributed by atoms with Crippen LogP contribution in [0.15, 0.2) is 35.8 Å². The number of piperidine rings is 1. The quantitative estimate of drug-likeness (QED) is 0.741. The molecule has 0 atom stereocenters. The summed E-state index contributed by atoms with van der Waals surface area (Å²) in [4.78, 5) is 29.7. The van der Waals surface area contributed by atoms with Crippen molar-refractivity contribution in [3.63, 3.8) is 0 Å². The molecule has 3 N–H and O–H groups in total. The molecule has 0 radical (unpaired) electrons. The second kappa shape index (κ2) is 8.22. The van der Waals surface area contributed by atoms with Gasteiger partial charge in [-0.3, -0.25) is 14.9 Å². The average molecular weight is 359 g/mol. The summed E-state index contributed by atoms with van der Waals surface area (Å²) in [7, 11) is 0. The number of hydrogen-bond acceptors (Lipinski definition) is 4. The minimum Gasteiger partial charge on any atom is -0.349 e. The smallest absolute Gasteiger partial charge is 0.281 e. The second-order valence-corrected chi connectivity index (χ2v) is 7.27. The van der Waals surface area contributed by atoms with E-state index in [4.69, 9.17) is 0 Å². The van der Waals surface area contributed by atoms with Crippen molar-refractivity contribution in [1.29, 1.82) is 0 Å². The highest BCUT2D eigenvalue weighted by Crippen LogP contribution is 2.10. The van der Waals surface area contributed by atoms with Crippen molar-refractivity contribution < 1.29 is 14.5 Å². The number of carbonyl (C=O) groups is 2. The Morgan fingerprint density at radius 2 is 2.04 bits per heavy atom. The van der Waals surface area contributed by atoms with Crippen LogP contribution in [-0.2, 0) is 4.79 Å². The minimum atomic E-state index is -0.00709. The van der Waals surface area contributed by atoms with Gasteiger partial charge in [0.15, 0.2) is 11.7 Å². The molecular formula is C18H23N4O2S+. The standard InChI is InChI=1S/C18H22N4O2S/c1-13-4-2-3-5-15(13)17(24)20-14-6-9-22(10-7-14)12-16(23)21-18-19-8-11-25-18/h2-5,8,11,14H,6-7,9-10,12H2,1H3,(H,20,24)(H,19,21,23)/p+1. The van der Waals surface area contributed by atoms with Crippen molar-refractivity contribution in [2.75, 3.05) is 25.0 Å². The molecule has 0 aliphatic carbocycles. The molecule has 132 valence electrons. The van der Waals surface area contributed by atoms with Gasteiger partial charge in [-0.05, 0) is 18.6 Å². The topological polar surface area (TPSA) is 75.5 Å². The molecule has 0 unspecified atom stereocenters. The fraction of sp³-hybridized carbons (Fsp3) is 0.389. The Morgan fingerprint density at radius 3 is 2.72 bits per heavy atom.